The van der Waals surface area contributed by atoms with E-state index in [1.54, 1.807) is 12.1 Å². The van der Waals surface area contributed by atoms with Crippen molar-refractivity contribution in [3.8, 4) is 5.75 Å². The molecule has 0 bridgehead atoms. The molecule has 1 atom stereocenters. The van der Waals surface area contributed by atoms with E-state index in [1.807, 2.05) is 6.07 Å². The Morgan fingerprint density at radius 3 is 2.55 bits per heavy atom. The quantitative estimate of drug-likeness (QED) is 0.643. The summed E-state index contributed by atoms with van der Waals surface area (Å²) in [6.45, 7) is 2.22. The summed E-state index contributed by atoms with van der Waals surface area (Å²) in [4.78, 5) is 0. The fraction of sp³-hybridized carbons (Fsp3) is 0.647. The number of methoxy groups -OCH3 is 1. The molecule has 0 aliphatic carbocycles. The Bertz CT molecular complexity index is 381. The van der Waals surface area contributed by atoms with Gasteiger partial charge in [-0.1, -0.05) is 57.6 Å². The summed E-state index contributed by atoms with van der Waals surface area (Å²) < 4.78 is 19.0. The van der Waals surface area contributed by atoms with E-state index in [1.165, 1.54) is 39.2 Å². The maximum absolute atomic E-state index is 14.0. The van der Waals surface area contributed by atoms with Crippen LogP contribution in [0.3, 0.4) is 0 Å². The molecule has 1 aromatic rings. The first-order chi connectivity index (χ1) is 9.69. The molecule has 20 heavy (non-hydrogen) atoms. The number of unbranched alkanes of at least 4 members (excludes halogenated alkanes) is 5. The lowest BCUT2D eigenvalue weighted by molar-refractivity contribution is 0.383. The van der Waals surface area contributed by atoms with Crippen LogP contribution in [0.4, 0.5) is 4.39 Å². The molecule has 1 rings (SSSR count). The first-order valence-corrected chi connectivity index (χ1v) is 7.76. The summed E-state index contributed by atoms with van der Waals surface area (Å²) in [5.41, 5.74) is 6.75. The molecular weight excluding hydrogens is 253 g/mol. The van der Waals surface area contributed by atoms with Crippen molar-refractivity contribution in [3.63, 3.8) is 0 Å². The van der Waals surface area contributed by atoms with Crippen molar-refractivity contribution in [1.29, 1.82) is 0 Å². The van der Waals surface area contributed by atoms with Gasteiger partial charge in [0.2, 0.25) is 0 Å². The number of hydrogen-bond donors (Lipinski definition) is 1. The Kier molecular flexibility index (Phi) is 8.28. The molecule has 0 heterocycles. The number of halogens is 1. The lowest BCUT2D eigenvalue weighted by Crippen LogP contribution is -2.23. The van der Waals surface area contributed by atoms with Gasteiger partial charge in [0, 0.05) is 6.04 Å². The number of ether oxygens (including phenoxy) is 1. The summed E-state index contributed by atoms with van der Waals surface area (Å²) in [5, 5.41) is 0. The predicted molar refractivity (Wildman–Crippen MR) is 82.6 cm³/mol. The Balaban J connectivity index is 2.30. The summed E-state index contributed by atoms with van der Waals surface area (Å²) in [6.07, 6.45) is 9.10. The first-order valence-electron chi connectivity index (χ1n) is 7.76. The highest BCUT2D eigenvalue weighted by Gasteiger charge is 2.11. The second-order valence-electron chi connectivity index (χ2n) is 5.45. The zero-order chi connectivity index (χ0) is 14.8. The minimum atomic E-state index is -0.270. The van der Waals surface area contributed by atoms with E-state index < -0.39 is 0 Å². The molecule has 0 aliphatic heterocycles. The summed E-state index contributed by atoms with van der Waals surface area (Å²) in [7, 11) is 1.48. The number of rotatable bonds is 10. The van der Waals surface area contributed by atoms with E-state index in [4.69, 9.17) is 10.5 Å². The van der Waals surface area contributed by atoms with Crippen molar-refractivity contribution in [2.45, 2.75) is 64.3 Å². The molecule has 0 saturated carbocycles. The first kappa shape index (κ1) is 17.0. The van der Waals surface area contributed by atoms with E-state index in [9.17, 15) is 4.39 Å². The van der Waals surface area contributed by atoms with Gasteiger partial charge in [0.15, 0.2) is 11.6 Å². The van der Waals surface area contributed by atoms with Crippen LogP contribution in [-0.4, -0.2) is 13.2 Å². The van der Waals surface area contributed by atoms with Gasteiger partial charge in [-0.2, -0.15) is 0 Å². The van der Waals surface area contributed by atoms with Gasteiger partial charge in [-0.15, -0.1) is 0 Å². The van der Waals surface area contributed by atoms with Crippen molar-refractivity contribution >= 4 is 0 Å². The molecule has 0 radical (unpaired) electrons. The molecular formula is C17H28FNO. The van der Waals surface area contributed by atoms with Crippen molar-refractivity contribution in [3.05, 3.63) is 29.6 Å². The molecule has 114 valence electrons. The lowest BCUT2D eigenvalue weighted by atomic mass is 10.00. The monoisotopic (exact) mass is 281 g/mol. The minimum Gasteiger partial charge on any atom is -0.494 e. The van der Waals surface area contributed by atoms with Gasteiger partial charge < -0.3 is 10.5 Å². The Hall–Kier alpha value is -1.09. The number of hydrogen-bond acceptors (Lipinski definition) is 2. The van der Waals surface area contributed by atoms with E-state index in [-0.39, 0.29) is 11.9 Å². The Morgan fingerprint density at radius 2 is 1.85 bits per heavy atom. The average Bonchev–Trinajstić information content (AvgIpc) is 2.45. The van der Waals surface area contributed by atoms with Crippen LogP contribution in [0.2, 0.25) is 0 Å². The maximum atomic E-state index is 14.0. The lowest BCUT2D eigenvalue weighted by Gasteiger charge is -2.13. The highest BCUT2D eigenvalue weighted by molar-refractivity contribution is 5.31. The van der Waals surface area contributed by atoms with Crippen LogP contribution in [0.1, 0.15) is 57.4 Å². The highest BCUT2D eigenvalue weighted by atomic mass is 19.1. The molecule has 1 aromatic carbocycles. The number of nitrogens with two attached hydrogens (primary N) is 1. The SMILES string of the molecule is CCCCCCCCC(N)Cc1cccc(OC)c1F. The molecule has 2 nitrogen and oxygen atoms in total. The van der Waals surface area contributed by atoms with E-state index in [0.717, 1.165) is 12.8 Å². The summed E-state index contributed by atoms with van der Waals surface area (Å²) >= 11 is 0. The van der Waals surface area contributed by atoms with E-state index in [2.05, 4.69) is 6.92 Å². The molecule has 2 N–H and O–H groups in total. The van der Waals surface area contributed by atoms with Crippen LogP contribution >= 0.6 is 0 Å². The second-order valence-corrected chi connectivity index (χ2v) is 5.45. The molecule has 0 aromatic heterocycles. The number of benzene rings is 1. The van der Waals surface area contributed by atoms with Gasteiger partial charge >= 0.3 is 0 Å². The molecule has 0 amide bonds. The van der Waals surface area contributed by atoms with Gasteiger partial charge in [0.05, 0.1) is 7.11 Å². The van der Waals surface area contributed by atoms with Crippen LogP contribution in [0.25, 0.3) is 0 Å². The molecule has 0 saturated heterocycles. The van der Waals surface area contributed by atoms with Crippen LogP contribution in [0.15, 0.2) is 18.2 Å². The van der Waals surface area contributed by atoms with Crippen molar-refractivity contribution < 1.29 is 9.13 Å². The average molecular weight is 281 g/mol. The molecule has 1 unspecified atom stereocenters. The van der Waals surface area contributed by atoms with Gasteiger partial charge in [-0.05, 0) is 24.5 Å². The zero-order valence-corrected chi connectivity index (χ0v) is 12.8. The smallest absolute Gasteiger partial charge is 0.168 e. The van der Waals surface area contributed by atoms with Gasteiger partial charge in [-0.25, -0.2) is 4.39 Å². The van der Waals surface area contributed by atoms with Gasteiger partial charge in [0.25, 0.3) is 0 Å². The molecule has 3 heteroatoms. The summed E-state index contributed by atoms with van der Waals surface area (Å²) in [5.74, 6) is 0.0302. The van der Waals surface area contributed by atoms with E-state index in [0.29, 0.717) is 17.7 Å². The normalized spacial score (nSPS) is 12.4. The molecule has 0 aliphatic rings. The fourth-order valence-electron chi connectivity index (χ4n) is 2.44. The third kappa shape index (κ3) is 5.91. The fourth-order valence-corrected chi connectivity index (χ4v) is 2.44. The second kappa shape index (κ2) is 9.76. The standard InChI is InChI=1S/C17H28FNO/c1-3-4-5-6-7-8-11-15(19)13-14-10-9-12-16(20-2)17(14)18/h9-10,12,15H,3-8,11,13,19H2,1-2H3. The third-order valence-corrected chi connectivity index (χ3v) is 3.67. The van der Waals surface area contributed by atoms with Gasteiger partial charge in [-0.3, -0.25) is 0 Å². The maximum Gasteiger partial charge on any atom is 0.168 e. The van der Waals surface area contributed by atoms with Crippen LogP contribution < -0.4 is 10.5 Å². The van der Waals surface area contributed by atoms with Crippen LogP contribution in [0, 0.1) is 5.82 Å². The van der Waals surface area contributed by atoms with Crippen molar-refractivity contribution in [1.82, 2.24) is 0 Å². The highest BCUT2D eigenvalue weighted by Crippen LogP contribution is 2.21. The van der Waals surface area contributed by atoms with Gasteiger partial charge in [0.1, 0.15) is 0 Å². The molecule has 0 spiro atoms. The Morgan fingerprint density at radius 1 is 1.15 bits per heavy atom. The Labute approximate surface area is 122 Å². The van der Waals surface area contributed by atoms with Crippen LogP contribution in [0.5, 0.6) is 5.75 Å². The van der Waals surface area contributed by atoms with Crippen LogP contribution in [-0.2, 0) is 6.42 Å². The van der Waals surface area contributed by atoms with Crippen molar-refractivity contribution in [2.75, 3.05) is 7.11 Å². The van der Waals surface area contributed by atoms with Crippen molar-refractivity contribution in [2.24, 2.45) is 5.73 Å². The predicted octanol–water partition coefficient (Wildman–Crippen LogP) is 4.45. The molecule has 0 fully saturated rings. The minimum absolute atomic E-state index is 0.0304. The topological polar surface area (TPSA) is 35.2 Å². The summed E-state index contributed by atoms with van der Waals surface area (Å²) in [6, 6.07) is 5.27. The third-order valence-electron chi connectivity index (χ3n) is 3.67. The largest absolute Gasteiger partial charge is 0.494 e. The zero-order valence-electron chi connectivity index (χ0n) is 12.8. The van der Waals surface area contributed by atoms with E-state index >= 15 is 0 Å².